The average molecular weight is 499 g/mol. The number of amides is 1. The molecule has 4 aromatic rings. The molecule has 6 nitrogen and oxygen atoms in total. The molecule has 1 N–H and O–H groups in total. The van der Waals surface area contributed by atoms with Crippen LogP contribution in [0, 0.1) is 5.92 Å². The lowest BCUT2D eigenvalue weighted by Crippen LogP contribution is -2.43. The lowest BCUT2D eigenvalue weighted by atomic mass is 9.96. The van der Waals surface area contributed by atoms with Crippen LogP contribution in [0.15, 0.2) is 88.6 Å². The maximum atomic E-state index is 13.6. The standard InChI is InChI=1S/C29H30N4O2S/c1-36-24-13-11-21(12-14-24)19-30-28(34)23-15-17-32(18-16-23)27-29(35)33(20-22-7-3-2-4-8-22)26-10-6-5-9-25(26)31-27/h2-14,23H,15-20H2,1H3,(H,30,34). The fourth-order valence-corrected chi connectivity index (χ4v) is 5.15. The second-order valence-corrected chi connectivity index (χ2v) is 10.0. The second kappa shape index (κ2) is 11.0. The maximum Gasteiger partial charge on any atom is 0.294 e. The van der Waals surface area contributed by atoms with Crippen molar-refractivity contribution in [1.29, 1.82) is 0 Å². The number of anilines is 1. The molecule has 1 aromatic heterocycles. The largest absolute Gasteiger partial charge is 0.352 e. The highest BCUT2D eigenvalue weighted by Gasteiger charge is 2.27. The van der Waals surface area contributed by atoms with Gasteiger partial charge in [-0.15, -0.1) is 11.8 Å². The summed E-state index contributed by atoms with van der Waals surface area (Å²) in [7, 11) is 0. The number of para-hydroxylation sites is 2. The Morgan fingerprint density at radius 2 is 1.64 bits per heavy atom. The molecule has 0 aliphatic carbocycles. The molecule has 0 atom stereocenters. The summed E-state index contributed by atoms with van der Waals surface area (Å²) in [5, 5.41) is 3.09. The Hall–Kier alpha value is -3.58. The number of hydrogen-bond acceptors (Lipinski definition) is 5. The number of nitrogens with zero attached hydrogens (tertiary/aromatic N) is 3. The van der Waals surface area contributed by atoms with Gasteiger partial charge in [-0.3, -0.25) is 14.2 Å². The molecule has 3 aromatic carbocycles. The number of thioether (sulfide) groups is 1. The van der Waals surface area contributed by atoms with Crippen molar-refractivity contribution in [3.05, 3.63) is 100 Å². The number of fused-ring (bicyclic) bond motifs is 1. The molecule has 0 radical (unpaired) electrons. The number of carbonyl (C=O) groups excluding carboxylic acids is 1. The van der Waals surface area contributed by atoms with Crippen LogP contribution in [-0.2, 0) is 17.9 Å². The minimum absolute atomic E-state index is 0.0567. The second-order valence-electron chi connectivity index (χ2n) is 9.13. The average Bonchev–Trinajstić information content (AvgIpc) is 2.94. The first-order valence-electron chi connectivity index (χ1n) is 12.3. The van der Waals surface area contributed by atoms with Crippen LogP contribution in [0.1, 0.15) is 24.0 Å². The number of piperidine rings is 1. The zero-order valence-corrected chi connectivity index (χ0v) is 21.2. The van der Waals surface area contributed by atoms with Crippen molar-refractivity contribution in [3.8, 4) is 0 Å². The summed E-state index contributed by atoms with van der Waals surface area (Å²) < 4.78 is 1.81. The van der Waals surface area contributed by atoms with Gasteiger partial charge in [0.25, 0.3) is 5.56 Å². The van der Waals surface area contributed by atoms with Crippen molar-refractivity contribution in [2.75, 3.05) is 24.2 Å². The fourth-order valence-electron chi connectivity index (χ4n) is 4.74. The van der Waals surface area contributed by atoms with Crippen LogP contribution in [-0.4, -0.2) is 34.8 Å². The Morgan fingerprint density at radius 1 is 0.944 bits per heavy atom. The highest BCUT2D eigenvalue weighted by Crippen LogP contribution is 2.23. The first-order chi connectivity index (χ1) is 17.6. The predicted molar refractivity (Wildman–Crippen MR) is 147 cm³/mol. The van der Waals surface area contributed by atoms with Gasteiger partial charge < -0.3 is 10.2 Å². The molecule has 1 aliphatic heterocycles. The summed E-state index contributed by atoms with van der Waals surface area (Å²) in [5.41, 5.74) is 3.71. The van der Waals surface area contributed by atoms with Crippen LogP contribution in [0.25, 0.3) is 11.0 Å². The summed E-state index contributed by atoms with van der Waals surface area (Å²) in [6.45, 7) is 2.29. The zero-order valence-electron chi connectivity index (χ0n) is 20.4. The molecule has 1 saturated heterocycles. The Bertz CT molecular complexity index is 1390. The van der Waals surface area contributed by atoms with E-state index >= 15 is 0 Å². The third-order valence-electron chi connectivity index (χ3n) is 6.81. The lowest BCUT2D eigenvalue weighted by molar-refractivity contribution is -0.125. The molecule has 0 bridgehead atoms. The van der Waals surface area contributed by atoms with E-state index in [1.165, 1.54) is 4.90 Å². The number of benzene rings is 3. The topological polar surface area (TPSA) is 67.2 Å². The van der Waals surface area contributed by atoms with E-state index in [9.17, 15) is 9.59 Å². The van der Waals surface area contributed by atoms with Gasteiger partial charge in [0.05, 0.1) is 17.6 Å². The van der Waals surface area contributed by atoms with E-state index in [1.807, 2.05) is 64.1 Å². The van der Waals surface area contributed by atoms with E-state index < -0.39 is 0 Å². The van der Waals surface area contributed by atoms with E-state index in [2.05, 4.69) is 35.8 Å². The summed E-state index contributed by atoms with van der Waals surface area (Å²) in [6.07, 6.45) is 3.45. The molecule has 5 rings (SSSR count). The van der Waals surface area contributed by atoms with Crippen LogP contribution >= 0.6 is 11.8 Å². The van der Waals surface area contributed by atoms with E-state index in [4.69, 9.17) is 4.98 Å². The zero-order chi connectivity index (χ0) is 24.9. The first kappa shape index (κ1) is 24.1. The normalized spacial score (nSPS) is 14.2. The maximum absolute atomic E-state index is 13.6. The molecule has 7 heteroatoms. The van der Waals surface area contributed by atoms with Gasteiger partial charge in [0.1, 0.15) is 0 Å². The molecule has 1 aliphatic rings. The van der Waals surface area contributed by atoms with E-state index in [0.29, 0.717) is 44.8 Å². The molecular weight excluding hydrogens is 468 g/mol. The highest BCUT2D eigenvalue weighted by molar-refractivity contribution is 7.98. The molecule has 2 heterocycles. The van der Waals surface area contributed by atoms with Crippen molar-refractivity contribution < 1.29 is 4.79 Å². The van der Waals surface area contributed by atoms with Crippen LogP contribution in [0.4, 0.5) is 5.82 Å². The minimum Gasteiger partial charge on any atom is -0.352 e. The van der Waals surface area contributed by atoms with Crippen molar-refractivity contribution in [2.24, 2.45) is 5.92 Å². The molecule has 0 saturated carbocycles. The van der Waals surface area contributed by atoms with Gasteiger partial charge >= 0.3 is 0 Å². The van der Waals surface area contributed by atoms with Crippen LogP contribution in [0.5, 0.6) is 0 Å². The third kappa shape index (κ3) is 5.31. The van der Waals surface area contributed by atoms with Crippen LogP contribution < -0.4 is 15.8 Å². The van der Waals surface area contributed by atoms with E-state index in [-0.39, 0.29) is 17.4 Å². The number of hydrogen-bond donors (Lipinski definition) is 1. The molecule has 184 valence electrons. The summed E-state index contributed by atoms with van der Waals surface area (Å²) >= 11 is 1.70. The molecule has 1 amide bonds. The molecule has 36 heavy (non-hydrogen) atoms. The van der Waals surface area contributed by atoms with Crippen LogP contribution in [0.3, 0.4) is 0 Å². The van der Waals surface area contributed by atoms with Crippen molar-refractivity contribution in [1.82, 2.24) is 14.9 Å². The van der Waals surface area contributed by atoms with Gasteiger partial charge in [-0.25, -0.2) is 4.98 Å². The summed E-state index contributed by atoms with van der Waals surface area (Å²) in [5.74, 6) is 0.493. The van der Waals surface area contributed by atoms with Crippen molar-refractivity contribution in [3.63, 3.8) is 0 Å². The number of rotatable bonds is 7. The number of nitrogens with one attached hydrogen (secondary N) is 1. The summed E-state index contributed by atoms with van der Waals surface area (Å²) in [6, 6.07) is 26.0. The fraction of sp³-hybridized carbons (Fsp3) is 0.276. The van der Waals surface area contributed by atoms with E-state index in [0.717, 1.165) is 22.2 Å². The Labute approximate surface area is 215 Å². The Balaban J connectivity index is 1.28. The molecule has 0 spiro atoms. The van der Waals surface area contributed by atoms with Gasteiger partial charge in [0, 0.05) is 30.4 Å². The van der Waals surface area contributed by atoms with Crippen LogP contribution in [0.2, 0.25) is 0 Å². The Morgan fingerprint density at radius 3 is 2.36 bits per heavy atom. The highest BCUT2D eigenvalue weighted by atomic mass is 32.2. The quantitative estimate of drug-likeness (QED) is 0.374. The van der Waals surface area contributed by atoms with Gasteiger partial charge in [-0.1, -0.05) is 54.6 Å². The summed E-state index contributed by atoms with van der Waals surface area (Å²) in [4.78, 5) is 34.4. The number of aromatic nitrogens is 2. The lowest BCUT2D eigenvalue weighted by Gasteiger charge is -2.32. The smallest absolute Gasteiger partial charge is 0.294 e. The SMILES string of the molecule is CSc1ccc(CNC(=O)C2CCN(c3nc4ccccc4n(Cc4ccccc4)c3=O)CC2)cc1. The van der Waals surface area contributed by atoms with E-state index in [1.54, 1.807) is 11.8 Å². The van der Waals surface area contributed by atoms with Crippen molar-refractivity contribution in [2.45, 2.75) is 30.8 Å². The van der Waals surface area contributed by atoms with Crippen molar-refractivity contribution >= 4 is 34.5 Å². The Kier molecular flexibility index (Phi) is 7.37. The van der Waals surface area contributed by atoms with Gasteiger partial charge in [0.2, 0.25) is 5.91 Å². The van der Waals surface area contributed by atoms with Gasteiger partial charge in [-0.05, 0) is 54.5 Å². The molecular formula is C29H30N4O2S. The van der Waals surface area contributed by atoms with Gasteiger partial charge in [-0.2, -0.15) is 0 Å². The molecule has 0 unspecified atom stereocenters. The van der Waals surface area contributed by atoms with Gasteiger partial charge in [0.15, 0.2) is 5.82 Å². The third-order valence-corrected chi connectivity index (χ3v) is 7.55. The monoisotopic (exact) mass is 498 g/mol. The molecule has 1 fully saturated rings. The first-order valence-corrected chi connectivity index (χ1v) is 13.5. The minimum atomic E-state index is -0.0888. The number of carbonyl (C=O) groups is 1. The predicted octanol–water partition coefficient (Wildman–Crippen LogP) is 4.70.